The maximum Gasteiger partial charge on any atom is 0.179 e. The molecule has 8 aromatic rings. The Morgan fingerprint density at radius 2 is 0.962 bits per heavy atom. The molecular formula is C50H45NSi. The minimum atomic E-state index is -2.81. The summed E-state index contributed by atoms with van der Waals surface area (Å²) in [5.74, 6) is 0. The molecule has 1 nitrogen and oxygen atoms in total. The Hall–Kier alpha value is -5.44. The number of benzene rings is 7. The fraction of sp³-hybridized carbons (Fsp3) is 0.160. The summed E-state index contributed by atoms with van der Waals surface area (Å²) >= 11 is 0. The molecule has 254 valence electrons. The number of rotatable bonds is 6. The molecule has 9 rings (SSSR count). The second-order valence-corrected chi connectivity index (χ2v) is 19.8. The minimum absolute atomic E-state index is 0.109. The number of fused-ring (bicyclic) bond motifs is 4. The van der Waals surface area contributed by atoms with Gasteiger partial charge in [0.2, 0.25) is 0 Å². The summed E-state index contributed by atoms with van der Waals surface area (Å²) in [5, 5.41) is 8.19. The van der Waals surface area contributed by atoms with E-state index in [0.29, 0.717) is 0 Å². The van der Waals surface area contributed by atoms with Crippen molar-refractivity contribution >= 4 is 50.6 Å². The third-order valence-corrected chi connectivity index (χ3v) is 16.8. The molecule has 7 aromatic carbocycles. The van der Waals surface area contributed by atoms with Crippen LogP contribution >= 0.6 is 0 Å². The highest BCUT2D eigenvalue weighted by Crippen LogP contribution is 2.45. The largest absolute Gasteiger partial charge is 0.309 e. The lowest BCUT2D eigenvalue weighted by Crippen LogP contribution is -2.75. The van der Waals surface area contributed by atoms with Gasteiger partial charge in [-0.25, -0.2) is 0 Å². The van der Waals surface area contributed by atoms with Gasteiger partial charge in [-0.1, -0.05) is 173 Å². The standard InChI is InChI=1S/C50H45NSi/c1-49(2)31-32-50(3,4)46-35-42(28-29-45(46)49)52(39-20-10-6-11-21-39,40-22-12-7-13-23-40)41-24-16-19-38(34-41)51-47-26-15-14-25-43(47)44-33-37(27-30-48(44)51)36-17-8-5-9-18-36/h5-30,33-35H,31-32H2,1-4H3. The lowest BCUT2D eigenvalue weighted by molar-refractivity contribution is 0.332. The van der Waals surface area contributed by atoms with Gasteiger partial charge in [-0.05, 0) is 97.0 Å². The van der Waals surface area contributed by atoms with Crippen molar-refractivity contribution in [3.63, 3.8) is 0 Å². The van der Waals surface area contributed by atoms with Crippen LogP contribution in [0.2, 0.25) is 0 Å². The van der Waals surface area contributed by atoms with Crippen LogP contribution in [0.15, 0.2) is 176 Å². The molecule has 0 radical (unpaired) electrons. The predicted octanol–water partition coefficient (Wildman–Crippen LogP) is 10.2. The number of aromatic nitrogens is 1. The fourth-order valence-electron chi connectivity index (χ4n) is 9.14. The van der Waals surface area contributed by atoms with E-state index in [0.717, 1.165) is 0 Å². The predicted molar refractivity (Wildman–Crippen MR) is 225 cm³/mol. The van der Waals surface area contributed by atoms with E-state index in [1.54, 1.807) is 0 Å². The van der Waals surface area contributed by atoms with E-state index >= 15 is 0 Å². The molecule has 52 heavy (non-hydrogen) atoms. The molecule has 0 saturated heterocycles. The van der Waals surface area contributed by atoms with Crippen molar-refractivity contribution in [2.24, 2.45) is 0 Å². The highest BCUT2D eigenvalue weighted by atomic mass is 28.3. The average Bonchev–Trinajstić information content (AvgIpc) is 3.52. The van der Waals surface area contributed by atoms with Crippen LogP contribution in [0.25, 0.3) is 38.6 Å². The Labute approximate surface area is 309 Å². The van der Waals surface area contributed by atoms with Gasteiger partial charge in [-0.15, -0.1) is 0 Å². The monoisotopic (exact) mass is 687 g/mol. The summed E-state index contributed by atoms with van der Waals surface area (Å²) in [6, 6.07) is 66.4. The summed E-state index contributed by atoms with van der Waals surface area (Å²) in [6.07, 6.45) is 2.40. The number of hydrogen-bond donors (Lipinski definition) is 0. The first-order valence-corrected chi connectivity index (χ1v) is 20.7. The zero-order valence-corrected chi connectivity index (χ0v) is 31.6. The number of hydrogen-bond acceptors (Lipinski definition) is 0. The first-order chi connectivity index (χ1) is 25.3. The van der Waals surface area contributed by atoms with Crippen molar-refractivity contribution in [3.8, 4) is 16.8 Å². The maximum atomic E-state index is 2.63. The minimum Gasteiger partial charge on any atom is -0.309 e. The van der Waals surface area contributed by atoms with Crippen molar-refractivity contribution in [1.82, 2.24) is 4.57 Å². The molecule has 2 heteroatoms. The fourth-order valence-corrected chi connectivity index (χ4v) is 13.9. The lowest BCUT2D eigenvalue weighted by Gasteiger charge is -2.43. The van der Waals surface area contributed by atoms with Gasteiger partial charge >= 0.3 is 0 Å². The number of nitrogens with zero attached hydrogens (tertiary/aromatic N) is 1. The second kappa shape index (κ2) is 12.4. The van der Waals surface area contributed by atoms with E-state index in [1.165, 1.54) is 83.3 Å². The van der Waals surface area contributed by atoms with Gasteiger partial charge < -0.3 is 4.57 Å². The van der Waals surface area contributed by atoms with Crippen LogP contribution in [0.4, 0.5) is 0 Å². The van der Waals surface area contributed by atoms with Crippen molar-refractivity contribution < 1.29 is 0 Å². The topological polar surface area (TPSA) is 4.93 Å². The lowest BCUT2D eigenvalue weighted by atomic mass is 9.63. The van der Waals surface area contributed by atoms with Crippen molar-refractivity contribution in [2.45, 2.75) is 51.4 Å². The van der Waals surface area contributed by atoms with Crippen molar-refractivity contribution in [1.29, 1.82) is 0 Å². The van der Waals surface area contributed by atoms with Crippen LogP contribution in [-0.4, -0.2) is 12.6 Å². The first-order valence-electron chi connectivity index (χ1n) is 18.7. The van der Waals surface area contributed by atoms with E-state index in [4.69, 9.17) is 0 Å². The average molecular weight is 688 g/mol. The van der Waals surface area contributed by atoms with E-state index in [2.05, 4.69) is 208 Å². The Morgan fingerprint density at radius 3 is 1.65 bits per heavy atom. The molecule has 1 aromatic heterocycles. The van der Waals surface area contributed by atoms with Crippen LogP contribution in [0.3, 0.4) is 0 Å². The van der Waals surface area contributed by atoms with E-state index < -0.39 is 8.07 Å². The summed E-state index contributed by atoms with van der Waals surface area (Å²) < 4.78 is 2.48. The zero-order valence-electron chi connectivity index (χ0n) is 30.6. The smallest absolute Gasteiger partial charge is 0.179 e. The molecule has 0 bridgehead atoms. The molecule has 0 fully saturated rings. The Bertz CT molecular complexity index is 2520. The van der Waals surface area contributed by atoms with Gasteiger partial charge in [-0.3, -0.25) is 0 Å². The third kappa shape index (κ3) is 5.11. The van der Waals surface area contributed by atoms with Gasteiger partial charge in [0.05, 0.1) is 11.0 Å². The summed E-state index contributed by atoms with van der Waals surface area (Å²) in [6.45, 7) is 9.76. The Balaban J connectivity index is 1.33. The van der Waals surface area contributed by atoms with Crippen LogP contribution in [-0.2, 0) is 10.8 Å². The van der Waals surface area contributed by atoms with Crippen molar-refractivity contribution in [3.05, 3.63) is 187 Å². The highest BCUT2D eigenvalue weighted by molar-refractivity contribution is 7.19. The Morgan fingerprint density at radius 1 is 0.404 bits per heavy atom. The summed E-state index contributed by atoms with van der Waals surface area (Å²) in [7, 11) is -2.81. The van der Waals surface area contributed by atoms with Crippen LogP contribution < -0.4 is 20.7 Å². The molecule has 1 aliphatic carbocycles. The van der Waals surface area contributed by atoms with Gasteiger partial charge in [0, 0.05) is 16.5 Å². The molecule has 0 aliphatic heterocycles. The van der Waals surface area contributed by atoms with Crippen LogP contribution in [0.5, 0.6) is 0 Å². The van der Waals surface area contributed by atoms with Gasteiger partial charge in [0.1, 0.15) is 0 Å². The van der Waals surface area contributed by atoms with Crippen LogP contribution in [0.1, 0.15) is 51.7 Å². The highest BCUT2D eigenvalue weighted by Gasteiger charge is 2.44. The molecule has 0 atom stereocenters. The Kier molecular flexibility index (Phi) is 7.71. The van der Waals surface area contributed by atoms with Crippen LogP contribution in [0, 0.1) is 0 Å². The molecule has 1 heterocycles. The molecule has 0 N–H and O–H groups in total. The zero-order chi connectivity index (χ0) is 35.5. The molecule has 0 saturated carbocycles. The molecule has 0 unspecified atom stereocenters. The molecule has 0 amide bonds. The second-order valence-electron chi connectivity index (χ2n) is 16.0. The van der Waals surface area contributed by atoms with Gasteiger partial charge in [-0.2, -0.15) is 0 Å². The normalized spacial score (nSPS) is 15.1. The van der Waals surface area contributed by atoms with E-state index in [9.17, 15) is 0 Å². The third-order valence-electron chi connectivity index (χ3n) is 12.0. The van der Waals surface area contributed by atoms with E-state index in [1.807, 2.05) is 0 Å². The summed E-state index contributed by atoms with van der Waals surface area (Å²) in [4.78, 5) is 0. The molecule has 0 spiro atoms. The van der Waals surface area contributed by atoms with Gasteiger partial charge in [0.15, 0.2) is 8.07 Å². The van der Waals surface area contributed by atoms with Gasteiger partial charge in [0.25, 0.3) is 0 Å². The first kappa shape index (κ1) is 32.5. The van der Waals surface area contributed by atoms with Crippen molar-refractivity contribution in [2.75, 3.05) is 0 Å². The summed E-state index contributed by atoms with van der Waals surface area (Å²) in [5.41, 5.74) is 9.40. The molecular weight excluding hydrogens is 643 g/mol. The van der Waals surface area contributed by atoms with E-state index in [-0.39, 0.29) is 10.8 Å². The maximum absolute atomic E-state index is 2.81. The quantitative estimate of drug-likeness (QED) is 0.121. The molecule has 1 aliphatic rings. The number of para-hydroxylation sites is 1. The SMILES string of the molecule is CC1(C)CCC(C)(C)c2cc([Si](c3ccccc3)(c3ccccc3)c3cccc(-n4c5ccccc5c5cc(-c6ccccc6)ccc54)c3)ccc21.